The van der Waals surface area contributed by atoms with E-state index < -0.39 is 21.5 Å². The van der Waals surface area contributed by atoms with Crippen LogP contribution in [0.5, 0.6) is 0 Å². The van der Waals surface area contributed by atoms with Gasteiger partial charge in [-0.05, 0) is 39.2 Å². The van der Waals surface area contributed by atoms with Crippen LogP contribution in [0.3, 0.4) is 0 Å². The lowest BCUT2D eigenvalue weighted by molar-refractivity contribution is 0.0285. The van der Waals surface area contributed by atoms with Crippen LogP contribution < -0.4 is 5.73 Å². The van der Waals surface area contributed by atoms with E-state index in [1.807, 2.05) is 0 Å². The summed E-state index contributed by atoms with van der Waals surface area (Å²) in [6, 6.07) is 0. The third-order valence-electron chi connectivity index (χ3n) is 3.05. The van der Waals surface area contributed by atoms with Gasteiger partial charge in [0.15, 0.2) is 0 Å². The topological polar surface area (TPSA) is 89.7 Å². The van der Waals surface area contributed by atoms with Crippen LogP contribution in [-0.2, 0) is 14.6 Å². The van der Waals surface area contributed by atoms with Gasteiger partial charge in [0, 0.05) is 19.3 Å². The Morgan fingerprint density at radius 2 is 1.84 bits per heavy atom. The number of carbonyl (C=O) groups excluding carboxylic acids is 1. The summed E-state index contributed by atoms with van der Waals surface area (Å²) in [5.74, 6) is -0.0245. The zero-order valence-electron chi connectivity index (χ0n) is 12.0. The van der Waals surface area contributed by atoms with Crippen molar-refractivity contribution in [3.63, 3.8) is 0 Å². The molecule has 0 spiro atoms. The van der Waals surface area contributed by atoms with Crippen LogP contribution in [0.15, 0.2) is 0 Å². The summed E-state index contributed by atoms with van der Waals surface area (Å²) in [5, 5.41) is 0. The molecular weight excluding hydrogens is 268 g/mol. The van der Waals surface area contributed by atoms with Crippen LogP contribution in [0.2, 0.25) is 0 Å². The second kappa shape index (κ2) is 5.66. The molecule has 19 heavy (non-hydrogen) atoms. The highest BCUT2D eigenvalue weighted by Crippen LogP contribution is 2.25. The Labute approximate surface area is 115 Å². The Morgan fingerprint density at radius 3 is 2.26 bits per heavy atom. The number of amides is 1. The molecule has 0 aromatic heterocycles. The molecule has 0 bridgehead atoms. The minimum Gasteiger partial charge on any atom is -0.444 e. The van der Waals surface area contributed by atoms with Crippen molar-refractivity contribution in [1.29, 1.82) is 0 Å². The van der Waals surface area contributed by atoms with Gasteiger partial charge in [-0.25, -0.2) is 13.2 Å². The first-order chi connectivity index (χ1) is 8.52. The fourth-order valence-electron chi connectivity index (χ4n) is 2.26. The molecule has 7 heteroatoms. The molecule has 1 fully saturated rings. The van der Waals surface area contributed by atoms with Crippen molar-refractivity contribution in [2.24, 2.45) is 17.6 Å². The van der Waals surface area contributed by atoms with Gasteiger partial charge in [0.2, 0.25) is 0 Å². The van der Waals surface area contributed by atoms with Crippen LogP contribution in [0.25, 0.3) is 0 Å². The average Bonchev–Trinajstić information content (AvgIpc) is 2.55. The molecule has 0 saturated carbocycles. The van der Waals surface area contributed by atoms with Gasteiger partial charge < -0.3 is 15.4 Å². The van der Waals surface area contributed by atoms with Crippen LogP contribution in [-0.4, -0.2) is 56.7 Å². The lowest BCUT2D eigenvalue weighted by atomic mass is 9.98. The number of ether oxygens (including phenoxy) is 1. The van der Waals surface area contributed by atoms with Gasteiger partial charge >= 0.3 is 6.09 Å². The SMILES string of the molecule is CC(C)(C)OC(=O)N1C[C@@H](CN)[C@@H](CS(C)(=O)=O)C1. The minimum atomic E-state index is -3.07. The zero-order valence-corrected chi connectivity index (χ0v) is 12.9. The maximum absolute atomic E-state index is 11.9. The molecule has 1 rings (SSSR count). The van der Waals surface area contributed by atoms with Gasteiger partial charge in [-0.2, -0.15) is 0 Å². The molecule has 0 radical (unpaired) electrons. The fourth-order valence-corrected chi connectivity index (χ4v) is 3.41. The summed E-state index contributed by atoms with van der Waals surface area (Å²) in [6.45, 7) is 6.63. The number of carbonyl (C=O) groups is 1. The van der Waals surface area contributed by atoms with Crippen LogP contribution >= 0.6 is 0 Å². The van der Waals surface area contributed by atoms with Crippen molar-refractivity contribution >= 4 is 15.9 Å². The summed E-state index contributed by atoms with van der Waals surface area (Å²) in [7, 11) is -3.07. The number of nitrogens with zero attached hydrogens (tertiary/aromatic N) is 1. The van der Waals surface area contributed by atoms with Gasteiger partial charge in [-0.3, -0.25) is 0 Å². The quantitative estimate of drug-likeness (QED) is 0.817. The molecule has 0 unspecified atom stereocenters. The summed E-state index contributed by atoms with van der Waals surface area (Å²) in [5.41, 5.74) is 5.11. The number of hydrogen-bond acceptors (Lipinski definition) is 5. The summed E-state index contributed by atoms with van der Waals surface area (Å²) < 4.78 is 28.0. The first-order valence-electron chi connectivity index (χ1n) is 6.37. The van der Waals surface area contributed by atoms with Crippen molar-refractivity contribution in [2.75, 3.05) is 31.6 Å². The number of likely N-dealkylation sites (tertiary alicyclic amines) is 1. The fraction of sp³-hybridized carbons (Fsp3) is 0.917. The Bertz CT molecular complexity index is 428. The summed E-state index contributed by atoms with van der Waals surface area (Å²) in [6.07, 6.45) is 0.804. The van der Waals surface area contributed by atoms with Crippen LogP contribution in [0, 0.1) is 11.8 Å². The predicted molar refractivity (Wildman–Crippen MR) is 73.6 cm³/mol. The van der Waals surface area contributed by atoms with E-state index in [0.717, 1.165) is 0 Å². The molecule has 1 aliphatic rings. The number of hydrogen-bond donors (Lipinski definition) is 1. The zero-order chi connectivity index (χ0) is 14.8. The van der Waals surface area contributed by atoms with E-state index in [-0.39, 0.29) is 17.6 Å². The number of nitrogens with two attached hydrogens (primary N) is 1. The third kappa shape index (κ3) is 5.36. The van der Waals surface area contributed by atoms with Gasteiger partial charge in [-0.1, -0.05) is 0 Å². The van der Waals surface area contributed by atoms with E-state index in [4.69, 9.17) is 10.5 Å². The molecule has 6 nitrogen and oxygen atoms in total. The number of sulfone groups is 1. The molecule has 0 aromatic carbocycles. The Balaban J connectivity index is 2.69. The lowest BCUT2D eigenvalue weighted by Crippen LogP contribution is -2.36. The highest BCUT2D eigenvalue weighted by molar-refractivity contribution is 7.90. The van der Waals surface area contributed by atoms with Gasteiger partial charge in [0.05, 0.1) is 5.75 Å². The third-order valence-corrected chi connectivity index (χ3v) is 4.08. The molecule has 1 aliphatic heterocycles. The van der Waals surface area contributed by atoms with E-state index in [1.165, 1.54) is 6.26 Å². The Hall–Kier alpha value is -0.820. The molecule has 112 valence electrons. The van der Waals surface area contributed by atoms with Crippen molar-refractivity contribution in [1.82, 2.24) is 4.90 Å². The molecule has 0 aromatic rings. The largest absolute Gasteiger partial charge is 0.444 e. The minimum absolute atomic E-state index is 0.0160. The second-order valence-corrected chi connectivity index (χ2v) is 8.42. The summed E-state index contributed by atoms with van der Waals surface area (Å²) >= 11 is 0. The van der Waals surface area contributed by atoms with Crippen molar-refractivity contribution in [3.05, 3.63) is 0 Å². The molecule has 1 amide bonds. The second-order valence-electron chi connectivity index (χ2n) is 6.23. The van der Waals surface area contributed by atoms with E-state index >= 15 is 0 Å². The lowest BCUT2D eigenvalue weighted by Gasteiger charge is -2.24. The predicted octanol–water partition coefficient (Wildman–Crippen LogP) is 0.473. The first kappa shape index (κ1) is 16.2. The molecule has 1 saturated heterocycles. The normalized spacial score (nSPS) is 24.6. The average molecular weight is 292 g/mol. The molecule has 2 atom stereocenters. The smallest absolute Gasteiger partial charge is 0.410 e. The maximum Gasteiger partial charge on any atom is 0.410 e. The van der Waals surface area contributed by atoms with E-state index in [0.29, 0.717) is 19.6 Å². The van der Waals surface area contributed by atoms with Gasteiger partial charge in [0.25, 0.3) is 0 Å². The van der Waals surface area contributed by atoms with E-state index in [1.54, 1.807) is 25.7 Å². The van der Waals surface area contributed by atoms with Gasteiger partial charge in [0.1, 0.15) is 15.4 Å². The molecule has 0 aliphatic carbocycles. The van der Waals surface area contributed by atoms with Crippen molar-refractivity contribution in [3.8, 4) is 0 Å². The Morgan fingerprint density at radius 1 is 1.32 bits per heavy atom. The summed E-state index contributed by atoms with van der Waals surface area (Å²) in [4.78, 5) is 13.5. The van der Waals surface area contributed by atoms with Crippen molar-refractivity contribution < 1.29 is 17.9 Å². The molecule has 2 N–H and O–H groups in total. The van der Waals surface area contributed by atoms with E-state index in [2.05, 4.69) is 0 Å². The maximum atomic E-state index is 11.9. The molecular formula is C12H24N2O4S. The Kier molecular flexibility index (Phi) is 4.84. The van der Waals surface area contributed by atoms with Crippen molar-refractivity contribution in [2.45, 2.75) is 26.4 Å². The van der Waals surface area contributed by atoms with Crippen LogP contribution in [0.4, 0.5) is 4.79 Å². The first-order valence-corrected chi connectivity index (χ1v) is 8.43. The monoisotopic (exact) mass is 292 g/mol. The molecule has 1 heterocycles. The van der Waals surface area contributed by atoms with E-state index in [9.17, 15) is 13.2 Å². The van der Waals surface area contributed by atoms with Crippen LogP contribution in [0.1, 0.15) is 20.8 Å². The van der Waals surface area contributed by atoms with Gasteiger partial charge in [-0.15, -0.1) is 0 Å². The standard InChI is InChI=1S/C12H24N2O4S/c1-12(2,3)18-11(15)14-6-9(5-13)10(7-14)8-19(4,16)17/h9-10H,5-8,13H2,1-4H3/t9-,10-/m1/s1. The highest BCUT2D eigenvalue weighted by Gasteiger charge is 2.37. The number of rotatable bonds is 3. The highest BCUT2D eigenvalue weighted by atomic mass is 32.2.